The molecule has 4 rings (SSSR count). The van der Waals surface area contributed by atoms with E-state index < -0.39 is 0 Å². The van der Waals surface area contributed by atoms with E-state index in [-0.39, 0.29) is 18.4 Å². The highest BCUT2D eigenvalue weighted by atomic mass is 16.5. The fraction of sp³-hybridized carbons (Fsp3) is 0.480. The Labute approximate surface area is 206 Å². The summed E-state index contributed by atoms with van der Waals surface area (Å²) in [4.78, 5) is 37.7. The Kier molecular flexibility index (Phi) is 9.38. The number of fused-ring (bicyclic) bond motifs is 1. The molecule has 0 unspecified atom stereocenters. The minimum atomic E-state index is -0.257. The fourth-order valence-electron chi connectivity index (χ4n) is 4.01. The maximum absolute atomic E-state index is 12.3. The first-order valence-corrected chi connectivity index (χ1v) is 12.1. The molecule has 1 aromatic carbocycles. The van der Waals surface area contributed by atoms with Crippen LogP contribution in [0.4, 0.5) is 16.3 Å². The Morgan fingerprint density at radius 3 is 2.49 bits per heavy atom. The third-order valence-corrected chi connectivity index (χ3v) is 5.68. The molecule has 2 N–H and O–H groups in total. The van der Waals surface area contributed by atoms with Crippen LogP contribution in [-0.2, 0) is 22.5 Å². The second kappa shape index (κ2) is 12.7. The number of nitriles is 1. The van der Waals surface area contributed by atoms with Gasteiger partial charge in [0.2, 0.25) is 5.91 Å². The van der Waals surface area contributed by atoms with Crippen LogP contribution in [0, 0.1) is 11.3 Å². The van der Waals surface area contributed by atoms with Crippen LogP contribution in [0.3, 0.4) is 0 Å². The summed E-state index contributed by atoms with van der Waals surface area (Å²) >= 11 is 0. The van der Waals surface area contributed by atoms with Crippen molar-refractivity contribution in [3.05, 3.63) is 35.5 Å². The fourth-order valence-corrected chi connectivity index (χ4v) is 4.01. The predicted octanol–water partition coefficient (Wildman–Crippen LogP) is 2.95. The Balaban J connectivity index is 0.00000167. The van der Waals surface area contributed by atoms with Crippen molar-refractivity contribution < 1.29 is 14.3 Å². The number of morpholine rings is 1. The van der Waals surface area contributed by atoms with E-state index in [1.54, 1.807) is 4.90 Å². The molecule has 1 saturated heterocycles. The number of hydrogen-bond acceptors (Lipinski definition) is 7. The second-order valence-electron chi connectivity index (χ2n) is 7.86. The number of carbonyl (C=O) groups excluding carboxylic acids is 2. The number of urea groups is 1. The molecule has 0 spiro atoms. The van der Waals surface area contributed by atoms with Gasteiger partial charge in [-0.15, -0.1) is 0 Å². The average Bonchev–Trinajstić information content (AvgIpc) is 2.90. The van der Waals surface area contributed by atoms with E-state index in [0.717, 1.165) is 35.7 Å². The molecule has 0 saturated carbocycles. The first kappa shape index (κ1) is 25.9. The molecular formula is C25H33N7O3. The molecule has 0 aliphatic carbocycles. The quantitative estimate of drug-likeness (QED) is 0.676. The molecule has 186 valence electrons. The molecule has 10 heteroatoms. The Morgan fingerprint density at radius 1 is 1.11 bits per heavy atom. The summed E-state index contributed by atoms with van der Waals surface area (Å²) in [5, 5.41) is 14.4. The molecule has 1 fully saturated rings. The predicted molar refractivity (Wildman–Crippen MR) is 134 cm³/mol. The van der Waals surface area contributed by atoms with Crippen molar-refractivity contribution in [1.29, 1.82) is 5.26 Å². The van der Waals surface area contributed by atoms with Gasteiger partial charge in [-0.1, -0.05) is 13.8 Å². The minimum absolute atomic E-state index is 0.135. The van der Waals surface area contributed by atoms with Crippen molar-refractivity contribution in [1.82, 2.24) is 20.2 Å². The summed E-state index contributed by atoms with van der Waals surface area (Å²) in [5.41, 5.74) is 3.35. The number of rotatable bonds is 5. The number of benzene rings is 1. The van der Waals surface area contributed by atoms with Crippen molar-refractivity contribution in [3.63, 3.8) is 0 Å². The summed E-state index contributed by atoms with van der Waals surface area (Å²) in [6.45, 7) is 10.1. The molecular weight excluding hydrogens is 446 g/mol. The van der Waals surface area contributed by atoms with E-state index in [1.165, 1.54) is 0 Å². The Morgan fingerprint density at radius 2 is 1.83 bits per heavy atom. The van der Waals surface area contributed by atoms with Crippen molar-refractivity contribution in [3.8, 4) is 17.5 Å². The summed E-state index contributed by atoms with van der Waals surface area (Å²) in [7, 11) is 0. The van der Waals surface area contributed by atoms with Crippen LogP contribution in [-0.4, -0.2) is 66.2 Å². The molecule has 2 aromatic rings. The average molecular weight is 480 g/mol. The van der Waals surface area contributed by atoms with Crippen LogP contribution in [0.1, 0.15) is 38.4 Å². The van der Waals surface area contributed by atoms with Crippen molar-refractivity contribution in [2.24, 2.45) is 0 Å². The summed E-state index contributed by atoms with van der Waals surface area (Å²) < 4.78 is 5.51. The van der Waals surface area contributed by atoms with E-state index in [4.69, 9.17) is 20.0 Å². The molecule has 0 radical (unpaired) electrons. The highest BCUT2D eigenvalue weighted by molar-refractivity contribution is 5.89. The van der Waals surface area contributed by atoms with Gasteiger partial charge in [-0.2, -0.15) is 5.26 Å². The molecule has 10 nitrogen and oxygen atoms in total. The third-order valence-electron chi connectivity index (χ3n) is 5.68. The van der Waals surface area contributed by atoms with Gasteiger partial charge in [0.25, 0.3) is 0 Å². The first-order valence-electron chi connectivity index (χ1n) is 12.1. The first-order chi connectivity index (χ1) is 17.1. The zero-order valence-electron chi connectivity index (χ0n) is 20.6. The van der Waals surface area contributed by atoms with Gasteiger partial charge >= 0.3 is 6.03 Å². The number of nitrogens with zero attached hydrogens (tertiary/aromatic N) is 5. The summed E-state index contributed by atoms with van der Waals surface area (Å²) in [6, 6.07) is 9.04. The number of anilines is 2. The largest absolute Gasteiger partial charge is 0.378 e. The van der Waals surface area contributed by atoms with E-state index in [1.807, 2.05) is 51.1 Å². The van der Waals surface area contributed by atoms with Gasteiger partial charge in [-0.3, -0.25) is 4.79 Å². The maximum Gasteiger partial charge on any atom is 0.319 e. The van der Waals surface area contributed by atoms with Crippen molar-refractivity contribution >= 4 is 23.4 Å². The standard InChI is InChI=1S/C23H27N7O3.C2H6/c1-2-25-23(32)26-17-5-3-16(4-6-17)21-27-19-15-30(20(31)7-9-24)10-8-18(19)22(28-21)29-11-13-33-14-12-29;1-2/h3-6H,2,7-8,10-15H2,1H3,(H2,25,26,32);1-2H3. The number of ether oxygens (including phenoxy) is 1. The van der Waals surface area contributed by atoms with Gasteiger partial charge in [0, 0.05) is 43.0 Å². The molecule has 3 amide bonds. The lowest BCUT2D eigenvalue weighted by atomic mass is 10.0. The molecule has 2 aliphatic heterocycles. The van der Waals surface area contributed by atoms with Crippen LogP contribution in [0.5, 0.6) is 0 Å². The number of carbonyl (C=O) groups is 2. The third kappa shape index (κ3) is 6.45. The highest BCUT2D eigenvalue weighted by Gasteiger charge is 2.28. The van der Waals surface area contributed by atoms with Crippen LogP contribution in [0.25, 0.3) is 11.4 Å². The van der Waals surface area contributed by atoms with Crippen molar-refractivity contribution in [2.75, 3.05) is 49.6 Å². The summed E-state index contributed by atoms with van der Waals surface area (Å²) in [6.07, 6.45) is 0.512. The second-order valence-corrected chi connectivity index (χ2v) is 7.86. The van der Waals surface area contributed by atoms with Crippen LogP contribution < -0.4 is 15.5 Å². The number of amides is 3. The van der Waals surface area contributed by atoms with Gasteiger partial charge in [0.05, 0.1) is 31.5 Å². The molecule has 0 atom stereocenters. The van der Waals surface area contributed by atoms with E-state index in [2.05, 4.69) is 15.5 Å². The van der Waals surface area contributed by atoms with E-state index in [9.17, 15) is 9.59 Å². The molecule has 1 aromatic heterocycles. The Bertz CT molecular complexity index is 1060. The van der Waals surface area contributed by atoms with Gasteiger partial charge in [0.1, 0.15) is 12.2 Å². The molecule has 3 heterocycles. The summed E-state index contributed by atoms with van der Waals surface area (Å²) in [5.74, 6) is 1.27. The maximum atomic E-state index is 12.3. The SMILES string of the molecule is CC.CCNC(=O)Nc1ccc(-c2nc3c(c(N4CCOCC4)n2)CCN(C(=O)CC#N)C3)cc1. The lowest BCUT2D eigenvalue weighted by Gasteiger charge is -2.34. The zero-order chi connectivity index (χ0) is 25.2. The lowest BCUT2D eigenvalue weighted by Crippen LogP contribution is -2.40. The monoisotopic (exact) mass is 479 g/mol. The lowest BCUT2D eigenvalue weighted by molar-refractivity contribution is -0.131. The zero-order valence-corrected chi connectivity index (χ0v) is 20.6. The van der Waals surface area contributed by atoms with Crippen molar-refractivity contribution in [2.45, 2.75) is 40.2 Å². The van der Waals surface area contributed by atoms with Gasteiger partial charge < -0.3 is 25.2 Å². The van der Waals surface area contributed by atoms with E-state index in [0.29, 0.717) is 50.8 Å². The highest BCUT2D eigenvalue weighted by Crippen LogP contribution is 2.30. The van der Waals surface area contributed by atoms with Gasteiger partial charge in [0.15, 0.2) is 5.82 Å². The number of aromatic nitrogens is 2. The molecule has 0 bridgehead atoms. The minimum Gasteiger partial charge on any atom is -0.378 e. The number of hydrogen-bond donors (Lipinski definition) is 2. The van der Waals surface area contributed by atoms with Gasteiger partial charge in [-0.25, -0.2) is 14.8 Å². The van der Waals surface area contributed by atoms with Crippen LogP contribution in [0.15, 0.2) is 24.3 Å². The topological polar surface area (TPSA) is 123 Å². The Hall–Kier alpha value is -3.71. The van der Waals surface area contributed by atoms with Gasteiger partial charge in [-0.05, 0) is 37.6 Å². The molecule has 35 heavy (non-hydrogen) atoms. The van der Waals surface area contributed by atoms with Crippen LogP contribution >= 0.6 is 0 Å². The normalized spacial score (nSPS) is 14.7. The van der Waals surface area contributed by atoms with E-state index >= 15 is 0 Å². The van der Waals surface area contributed by atoms with Crippen LogP contribution in [0.2, 0.25) is 0 Å². The number of nitrogens with one attached hydrogen (secondary N) is 2. The smallest absolute Gasteiger partial charge is 0.319 e. The molecule has 2 aliphatic rings.